The van der Waals surface area contributed by atoms with Gasteiger partial charge < -0.3 is 24.0 Å². The minimum absolute atomic E-state index is 0. The van der Waals surface area contributed by atoms with Crippen molar-refractivity contribution < 1.29 is 24.0 Å². The fraction of sp³-hybridized carbons (Fsp3) is 0.500. The molecule has 1 aromatic carbocycles. The molecule has 2 heteroatoms. The Balaban J connectivity index is 0.000000980. The van der Waals surface area contributed by atoms with Gasteiger partial charge >= 0.3 is 0 Å². The highest BCUT2D eigenvalue weighted by Gasteiger charge is 2.28. The summed E-state index contributed by atoms with van der Waals surface area (Å²) in [4.78, 5) is 0. The van der Waals surface area contributed by atoms with Gasteiger partial charge in [-0.2, -0.15) is 0 Å². The van der Waals surface area contributed by atoms with Crippen LogP contribution in [0.2, 0.25) is 0 Å². The number of rotatable bonds is 1. The van der Waals surface area contributed by atoms with Crippen molar-refractivity contribution >= 4 is 5.69 Å². The van der Waals surface area contributed by atoms with Crippen LogP contribution in [0.1, 0.15) is 18.4 Å². The van der Waals surface area contributed by atoms with E-state index in [2.05, 4.69) is 38.2 Å². The van der Waals surface area contributed by atoms with Gasteiger partial charge in [-0.25, -0.2) is 0 Å². The zero-order valence-corrected chi connectivity index (χ0v) is 11.1. The van der Waals surface area contributed by atoms with Gasteiger partial charge in [-0.3, -0.25) is 4.48 Å². The molecule has 0 aliphatic carbocycles. The summed E-state index contributed by atoms with van der Waals surface area (Å²) >= 11 is 0. The Kier molecular flexibility index (Phi) is 3.95. The topological polar surface area (TPSA) is 0 Å². The molecule has 0 spiro atoms. The first-order valence-corrected chi connectivity index (χ1v) is 5.12. The van der Waals surface area contributed by atoms with Crippen molar-refractivity contribution in [3.8, 4) is 0 Å². The quantitative estimate of drug-likeness (QED) is 0.495. The summed E-state index contributed by atoms with van der Waals surface area (Å²) < 4.78 is 1.14. The monoisotopic (exact) mass is 303 g/mol. The lowest BCUT2D eigenvalue weighted by atomic mass is 10.2. The predicted octanol–water partition coefficient (Wildman–Crippen LogP) is -0.270. The number of quaternary nitrogens is 1. The van der Waals surface area contributed by atoms with E-state index in [1.165, 1.54) is 37.2 Å². The predicted molar refractivity (Wildman–Crippen MR) is 57.9 cm³/mol. The molecule has 1 aliphatic heterocycles. The maximum absolute atomic E-state index is 2.34. The van der Waals surface area contributed by atoms with Crippen LogP contribution < -0.4 is 28.5 Å². The van der Waals surface area contributed by atoms with Crippen LogP contribution in [0, 0.1) is 6.92 Å². The Morgan fingerprint density at radius 1 is 1.00 bits per heavy atom. The molecule has 0 aromatic heterocycles. The zero-order chi connectivity index (χ0) is 9.31. The Labute approximate surface area is 104 Å². The number of halogens is 1. The summed E-state index contributed by atoms with van der Waals surface area (Å²) in [5.74, 6) is 0. The smallest absolute Gasteiger partial charge is 0.132 e. The molecule has 0 unspecified atom stereocenters. The fourth-order valence-corrected chi connectivity index (χ4v) is 2.20. The van der Waals surface area contributed by atoms with Crippen LogP contribution in [0.5, 0.6) is 0 Å². The van der Waals surface area contributed by atoms with Gasteiger partial charge in [0.15, 0.2) is 0 Å². The van der Waals surface area contributed by atoms with Gasteiger partial charge in [0.2, 0.25) is 0 Å². The third kappa shape index (κ3) is 2.28. The molecule has 1 fully saturated rings. The van der Waals surface area contributed by atoms with Crippen molar-refractivity contribution in [2.75, 3.05) is 20.1 Å². The second-order valence-electron chi connectivity index (χ2n) is 4.39. The average molecular weight is 303 g/mol. The molecule has 0 bridgehead atoms. The summed E-state index contributed by atoms with van der Waals surface area (Å²) in [5.41, 5.74) is 2.83. The second-order valence-corrected chi connectivity index (χ2v) is 4.39. The first-order valence-electron chi connectivity index (χ1n) is 5.12. The third-order valence-corrected chi connectivity index (χ3v) is 3.21. The second kappa shape index (κ2) is 4.62. The number of hydrogen-bond donors (Lipinski definition) is 0. The number of hydrogen-bond acceptors (Lipinski definition) is 0. The minimum atomic E-state index is 0. The minimum Gasteiger partial charge on any atom is -1.00 e. The van der Waals surface area contributed by atoms with Gasteiger partial charge in [-0.05, 0) is 19.1 Å². The standard InChI is InChI=1S/C12H18N.HI/c1-11-5-7-12(8-6-11)13(2)9-3-4-10-13;/h5-8H,3-4,9-10H2,1-2H3;1H/q+1;/p-1. The summed E-state index contributed by atoms with van der Waals surface area (Å²) in [7, 11) is 2.34. The van der Waals surface area contributed by atoms with Gasteiger partial charge in [-0.15, -0.1) is 0 Å². The van der Waals surface area contributed by atoms with Crippen LogP contribution in [0.25, 0.3) is 0 Å². The van der Waals surface area contributed by atoms with Crippen LogP contribution >= 0.6 is 0 Å². The van der Waals surface area contributed by atoms with Gasteiger partial charge in [0.1, 0.15) is 5.69 Å². The lowest BCUT2D eigenvalue weighted by Gasteiger charge is -2.28. The molecular formula is C12H18IN. The summed E-state index contributed by atoms with van der Waals surface area (Å²) in [6.07, 6.45) is 2.76. The molecule has 0 radical (unpaired) electrons. The van der Waals surface area contributed by atoms with Crippen LogP contribution in [-0.4, -0.2) is 20.1 Å². The van der Waals surface area contributed by atoms with E-state index in [0.29, 0.717) is 0 Å². The molecule has 14 heavy (non-hydrogen) atoms. The summed E-state index contributed by atoms with van der Waals surface area (Å²) in [6.45, 7) is 4.76. The highest BCUT2D eigenvalue weighted by atomic mass is 127. The van der Waals surface area contributed by atoms with Gasteiger partial charge in [0, 0.05) is 12.8 Å². The molecule has 1 heterocycles. The van der Waals surface area contributed by atoms with Crippen LogP contribution in [0.4, 0.5) is 5.69 Å². The summed E-state index contributed by atoms with van der Waals surface area (Å²) in [6, 6.07) is 9.00. The Morgan fingerprint density at radius 2 is 1.50 bits per heavy atom. The van der Waals surface area contributed by atoms with Crippen LogP contribution in [0.3, 0.4) is 0 Å². The molecule has 1 aromatic rings. The molecule has 2 rings (SSSR count). The van der Waals surface area contributed by atoms with Crippen molar-refractivity contribution in [2.45, 2.75) is 19.8 Å². The van der Waals surface area contributed by atoms with E-state index in [1.807, 2.05) is 0 Å². The van der Waals surface area contributed by atoms with Gasteiger partial charge in [-0.1, -0.05) is 17.7 Å². The molecular weight excluding hydrogens is 285 g/mol. The maximum Gasteiger partial charge on any atom is 0.132 e. The van der Waals surface area contributed by atoms with Crippen molar-refractivity contribution in [1.82, 2.24) is 4.48 Å². The highest BCUT2D eigenvalue weighted by Crippen LogP contribution is 2.26. The van der Waals surface area contributed by atoms with E-state index in [-0.39, 0.29) is 24.0 Å². The largest absolute Gasteiger partial charge is 1.00 e. The normalized spacial score (nSPS) is 19.0. The first-order chi connectivity index (χ1) is 6.21. The van der Waals surface area contributed by atoms with Gasteiger partial charge in [0.25, 0.3) is 0 Å². The molecule has 0 amide bonds. The van der Waals surface area contributed by atoms with E-state index in [9.17, 15) is 0 Å². The van der Waals surface area contributed by atoms with Crippen molar-refractivity contribution in [1.29, 1.82) is 0 Å². The van der Waals surface area contributed by atoms with E-state index < -0.39 is 0 Å². The lowest BCUT2D eigenvalue weighted by molar-refractivity contribution is -0.00000284. The molecule has 1 nitrogen and oxygen atoms in total. The first kappa shape index (κ1) is 12.0. The molecule has 0 saturated carbocycles. The molecule has 1 saturated heterocycles. The SMILES string of the molecule is Cc1ccc([N+]2(C)CCCC2)cc1.[I-]. The number of benzene rings is 1. The van der Waals surface area contributed by atoms with E-state index in [0.717, 1.165) is 4.48 Å². The third-order valence-electron chi connectivity index (χ3n) is 3.21. The van der Waals surface area contributed by atoms with E-state index >= 15 is 0 Å². The molecule has 0 atom stereocenters. The number of likely N-dealkylation sites (tertiary alicyclic amines) is 1. The van der Waals surface area contributed by atoms with Crippen molar-refractivity contribution in [3.63, 3.8) is 0 Å². The Morgan fingerprint density at radius 3 is 2.00 bits per heavy atom. The molecule has 78 valence electrons. The fourth-order valence-electron chi connectivity index (χ4n) is 2.20. The van der Waals surface area contributed by atoms with Gasteiger partial charge in [0.05, 0.1) is 20.1 Å². The zero-order valence-electron chi connectivity index (χ0n) is 8.96. The van der Waals surface area contributed by atoms with E-state index in [1.54, 1.807) is 0 Å². The maximum atomic E-state index is 2.34. The molecule has 1 aliphatic rings. The Hall–Kier alpha value is -0.0900. The highest BCUT2D eigenvalue weighted by molar-refractivity contribution is 5.44. The summed E-state index contributed by atoms with van der Waals surface area (Å²) in [5, 5.41) is 0. The van der Waals surface area contributed by atoms with Crippen LogP contribution in [0.15, 0.2) is 24.3 Å². The van der Waals surface area contributed by atoms with E-state index in [4.69, 9.17) is 0 Å². The number of nitrogens with zero attached hydrogens (tertiary/aromatic N) is 1. The average Bonchev–Trinajstić information content (AvgIpc) is 2.54. The number of aryl methyl sites for hydroxylation is 1. The molecule has 0 N–H and O–H groups in total. The Bertz CT molecular complexity index is 286. The lowest BCUT2D eigenvalue weighted by Crippen LogP contribution is -3.00. The van der Waals surface area contributed by atoms with Crippen LogP contribution in [-0.2, 0) is 0 Å². The van der Waals surface area contributed by atoms with Crippen molar-refractivity contribution in [3.05, 3.63) is 29.8 Å². The van der Waals surface area contributed by atoms with Crippen molar-refractivity contribution in [2.24, 2.45) is 0 Å².